The first kappa shape index (κ1) is 20.1. The van der Waals surface area contributed by atoms with Crippen LogP contribution in [0.5, 0.6) is 0 Å². The van der Waals surface area contributed by atoms with Gasteiger partial charge in [-0.05, 0) is 65.1 Å². The molecule has 0 saturated carbocycles. The molecule has 5 rings (SSSR count). The lowest BCUT2D eigenvalue weighted by Gasteiger charge is -2.18. The van der Waals surface area contributed by atoms with Crippen LogP contribution in [0.25, 0.3) is 11.1 Å². The van der Waals surface area contributed by atoms with Crippen molar-refractivity contribution in [1.82, 2.24) is 5.32 Å². The van der Waals surface area contributed by atoms with Crippen LogP contribution in [-0.2, 0) is 19.6 Å². The summed E-state index contributed by atoms with van der Waals surface area (Å²) < 4.78 is 0. The number of anilines is 1. The Morgan fingerprint density at radius 3 is 2.22 bits per heavy atom. The fourth-order valence-corrected chi connectivity index (χ4v) is 4.21. The number of aryl methyl sites for hydroxylation is 1. The minimum atomic E-state index is -0.0483. The summed E-state index contributed by atoms with van der Waals surface area (Å²) in [4.78, 5) is 14.9. The van der Waals surface area contributed by atoms with Gasteiger partial charge in [0.05, 0.1) is 0 Å². The molecule has 158 valence electrons. The van der Waals surface area contributed by atoms with Gasteiger partial charge in [-0.1, -0.05) is 72.3 Å². The van der Waals surface area contributed by atoms with Gasteiger partial charge in [0.15, 0.2) is 0 Å². The summed E-state index contributed by atoms with van der Waals surface area (Å²) in [6.45, 7) is 4.42. The van der Waals surface area contributed by atoms with Crippen molar-refractivity contribution in [3.05, 3.63) is 125 Å². The number of hydrogen-bond acceptors (Lipinski definition) is 2. The third kappa shape index (κ3) is 4.28. The summed E-state index contributed by atoms with van der Waals surface area (Å²) in [5.41, 5.74) is 9.44. The largest absolute Gasteiger partial charge is 0.363 e. The molecule has 0 spiro atoms. The second kappa shape index (κ2) is 8.72. The molecule has 0 aliphatic carbocycles. The molecule has 1 aliphatic rings. The van der Waals surface area contributed by atoms with E-state index >= 15 is 0 Å². The van der Waals surface area contributed by atoms with Crippen molar-refractivity contribution in [3.8, 4) is 11.1 Å². The lowest BCUT2D eigenvalue weighted by molar-refractivity contribution is 0.0951. The molecule has 1 heterocycles. The van der Waals surface area contributed by atoms with Crippen molar-refractivity contribution in [2.24, 2.45) is 0 Å². The van der Waals surface area contributed by atoms with E-state index in [2.05, 4.69) is 59.6 Å². The van der Waals surface area contributed by atoms with Gasteiger partial charge >= 0.3 is 0 Å². The van der Waals surface area contributed by atoms with Crippen LogP contribution in [0.3, 0.4) is 0 Å². The smallest absolute Gasteiger partial charge is 0.251 e. The molecule has 0 radical (unpaired) electrons. The predicted octanol–water partition coefficient (Wildman–Crippen LogP) is 6.11. The molecule has 0 aromatic heterocycles. The van der Waals surface area contributed by atoms with E-state index in [1.807, 2.05) is 54.6 Å². The van der Waals surface area contributed by atoms with Crippen molar-refractivity contribution in [2.75, 3.05) is 4.90 Å². The molecule has 3 nitrogen and oxygen atoms in total. The van der Waals surface area contributed by atoms with Crippen molar-refractivity contribution in [3.63, 3.8) is 0 Å². The fourth-order valence-electron chi connectivity index (χ4n) is 4.21. The molecule has 0 atom stereocenters. The van der Waals surface area contributed by atoms with E-state index in [1.54, 1.807) is 0 Å². The molecule has 4 aromatic rings. The third-order valence-corrected chi connectivity index (χ3v) is 6.10. The van der Waals surface area contributed by atoms with Gasteiger partial charge in [0.2, 0.25) is 0 Å². The van der Waals surface area contributed by atoms with Gasteiger partial charge < -0.3 is 10.2 Å². The van der Waals surface area contributed by atoms with E-state index in [0.29, 0.717) is 12.1 Å². The second-order valence-electron chi connectivity index (χ2n) is 8.42. The first-order valence-corrected chi connectivity index (χ1v) is 11.0. The molecule has 1 amide bonds. The summed E-state index contributed by atoms with van der Waals surface area (Å²) in [6.07, 6.45) is 0. The molecule has 0 bridgehead atoms. The monoisotopic (exact) mass is 418 g/mol. The summed E-state index contributed by atoms with van der Waals surface area (Å²) in [5, 5.41) is 2.99. The highest BCUT2D eigenvalue weighted by Gasteiger charge is 2.20. The Bertz CT molecular complexity index is 1230. The number of amides is 1. The first-order valence-electron chi connectivity index (χ1n) is 11.0. The maximum atomic E-state index is 12.5. The number of carbonyl (C=O) groups is 1. The number of carbonyl (C=O) groups excluding carboxylic acids is 1. The van der Waals surface area contributed by atoms with Crippen LogP contribution in [0.2, 0.25) is 0 Å². The van der Waals surface area contributed by atoms with Crippen LogP contribution < -0.4 is 10.2 Å². The molecule has 3 heteroatoms. The molecular weight excluding hydrogens is 392 g/mol. The minimum Gasteiger partial charge on any atom is -0.363 e. The van der Waals surface area contributed by atoms with E-state index in [1.165, 1.54) is 27.8 Å². The van der Waals surface area contributed by atoms with Crippen LogP contribution in [0.1, 0.15) is 32.6 Å². The van der Waals surface area contributed by atoms with Crippen LogP contribution in [0, 0.1) is 6.92 Å². The van der Waals surface area contributed by atoms with Gasteiger partial charge in [-0.15, -0.1) is 0 Å². The van der Waals surface area contributed by atoms with Crippen molar-refractivity contribution < 1.29 is 4.79 Å². The van der Waals surface area contributed by atoms with Crippen molar-refractivity contribution >= 4 is 11.6 Å². The zero-order valence-electron chi connectivity index (χ0n) is 18.2. The Morgan fingerprint density at radius 2 is 1.47 bits per heavy atom. The normalized spacial score (nSPS) is 12.5. The maximum Gasteiger partial charge on any atom is 0.251 e. The summed E-state index contributed by atoms with van der Waals surface area (Å²) in [5.74, 6) is -0.0483. The van der Waals surface area contributed by atoms with E-state index in [-0.39, 0.29) is 5.91 Å². The average Bonchev–Trinajstić information content (AvgIpc) is 3.27. The summed E-state index contributed by atoms with van der Waals surface area (Å²) >= 11 is 0. The van der Waals surface area contributed by atoms with Gasteiger partial charge in [0, 0.05) is 30.9 Å². The number of nitrogens with one attached hydrogen (secondary N) is 1. The van der Waals surface area contributed by atoms with Gasteiger partial charge in [-0.25, -0.2) is 0 Å². The van der Waals surface area contributed by atoms with Gasteiger partial charge in [0.1, 0.15) is 0 Å². The number of rotatable bonds is 5. The minimum absolute atomic E-state index is 0.0483. The van der Waals surface area contributed by atoms with Crippen molar-refractivity contribution in [2.45, 2.75) is 26.6 Å². The molecule has 4 aromatic carbocycles. The highest BCUT2D eigenvalue weighted by molar-refractivity contribution is 5.94. The van der Waals surface area contributed by atoms with Gasteiger partial charge in [-0.3, -0.25) is 4.79 Å². The topological polar surface area (TPSA) is 32.3 Å². The summed E-state index contributed by atoms with van der Waals surface area (Å²) in [6, 6.07) is 33.3. The zero-order valence-corrected chi connectivity index (χ0v) is 18.2. The van der Waals surface area contributed by atoms with E-state index in [0.717, 1.165) is 24.3 Å². The van der Waals surface area contributed by atoms with Gasteiger partial charge in [-0.2, -0.15) is 0 Å². The predicted molar refractivity (Wildman–Crippen MR) is 131 cm³/mol. The maximum absolute atomic E-state index is 12.5. The fraction of sp³-hybridized carbons (Fsp3) is 0.138. The van der Waals surface area contributed by atoms with E-state index in [4.69, 9.17) is 0 Å². The Morgan fingerprint density at radius 1 is 0.781 bits per heavy atom. The number of hydrogen-bond donors (Lipinski definition) is 1. The zero-order chi connectivity index (χ0) is 21.9. The molecule has 0 unspecified atom stereocenters. The number of fused-ring (bicyclic) bond motifs is 1. The Labute approximate surface area is 189 Å². The lowest BCUT2D eigenvalue weighted by Crippen LogP contribution is -2.23. The second-order valence-corrected chi connectivity index (χ2v) is 8.42. The number of benzene rings is 4. The third-order valence-electron chi connectivity index (χ3n) is 6.10. The molecule has 32 heavy (non-hydrogen) atoms. The van der Waals surface area contributed by atoms with Crippen molar-refractivity contribution in [1.29, 1.82) is 0 Å². The molecule has 1 aliphatic heterocycles. The Hall–Kier alpha value is -3.85. The summed E-state index contributed by atoms with van der Waals surface area (Å²) in [7, 11) is 0. The average molecular weight is 419 g/mol. The van der Waals surface area contributed by atoms with Crippen LogP contribution in [0.4, 0.5) is 5.69 Å². The molecular formula is C29H26N2O. The Balaban J connectivity index is 1.25. The highest BCUT2D eigenvalue weighted by Crippen LogP contribution is 2.31. The van der Waals surface area contributed by atoms with Crippen LogP contribution in [0.15, 0.2) is 97.1 Å². The quantitative estimate of drug-likeness (QED) is 0.424. The lowest BCUT2D eigenvalue weighted by atomic mass is 10.00. The van der Waals surface area contributed by atoms with Gasteiger partial charge in [0.25, 0.3) is 5.91 Å². The highest BCUT2D eigenvalue weighted by atomic mass is 16.1. The standard InChI is InChI=1S/C29H26N2O/c1-21-7-9-23(10-8-21)25-11-12-26-19-31(20-27(26)17-25)28-15-13-24(14-16-28)29(32)30-18-22-5-3-2-4-6-22/h2-17H,18-20H2,1H3,(H,30,32). The van der Waals surface area contributed by atoms with Crippen LogP contribution in [-0.4, -0.2) is 5.91 Å². The molecule has 0 fully saturated rings. The number of nitrogens with zero attached hydrogens (tertiary/aromatic N) is 1. The first-order chi connectivity index (χ1) is 15.7. The van der Waals surface area contributed by atoms with Crippen LogP contribution >= 0.6 is 0 Å². The Kier molecular flexibility index (Phi) is 5.47. The van der Waals surface area contributed by atoms with E-state index in [9.17, 15) is 4.79 Å². The van der Waals surface area contributed by atoms with E-state index < -0.39 is 0 Å². The molecule has 1 N–H and O–H groups in total. The SMILES string of the molecule is Cc1ccc(-c2ccc3c(c2)CN(c2ccc(C(=O)NCc4ccccc4)cc2)C3)cc1. The molecule has 0 saturated heterocycles.